The van der Waals surface area contributed by atoms with Crippen LogP contribution in [0.1, 0.15) is 24.3 Å². The molecule has 0 saturated carbocycles. The predicted molar refractivity (Wildman–Crippen MR) is 73.6 cm³/mol. The van der Waals surface area contributed by atoms with Gasteiger partial charge in [-0.05, 0) is 25.1 Å². The van der Waals surface area contributed by atoms with E-state index in [0.717, 1.165) is 5.76 Å². The maximum Gasteiger partial charge on any atom is 0.162 e. The Morgan fingerprint density at radius 3 is 2.89 bits per heavy atom. The van der Waals surface area contributed by atoms with E-state index in [1.54, 1.807) is 18.4 Å². The molecular formula is C14H16ClNO3. The molecule has 0 aliphatic rings. The summed E-state index contributed by atoms with van der Waals surface area (Å²) < 4.78 is 10.4. The molecule has 0 saturated heterocycles. The van der Waals surface area contributed by atoms with Crippen molar-refractivity contribution in [1.82, 2.24) is 5.32 Å². The molecule has 1 aromatic heterocycles. The third kappa shape index (κ3) is 3.22. The Morgan fingerprint density at radius 2 is 2.26 bits per heavy atom. The van der Waals surface area contributed by atoms with Crippen molar-refractivity contribution in [2.75, 3.05) is 7.11 Å². The first-order chi connectivity index (χ1) is 9.11. The average molecular weight is 282 g/mol. The van der Waals surface area contributed by atoms with Crippen LogP contribution in [0.25, 0.3) is 0 Å². The van der Waals surface area contributed by atoms with Crippen LogP contribution in [0, 0.1) is 0 Å². The zero-order chi connectivity index (χ0) is 13.8. The number of rotatable bonds is 5. The number of ether oxygens (including phenoxy) is 1. The first-order valence-electron chi connectivity index (χ1n) is 5.94. The number of benzene rings is 1. The summed E-state index contributed by atoms with van der Waals surface area (Å²) in [5, 5.41) is 13.8. The number of aromatic hydroxyl groups is 1. The van der Waals surface area contributed by atoms with Crippen molar-refractivity contribution in [3.63, 3.8) is 0 Å². The summed E-state index contributed by atoms with van der Waals surface area (Å²) in [4.78, 5) is 0. The van der Waals surface area contributed by atoms with Gasteiger partial charge >= 0.3 is 0 Å². The minimum absolute atomic E-state index is 0.0411. The number of hydrogen-bond acceptors (Lipinski definition) is 4. The summed E-state index contributed by atoms with van der Waals surface area (Å²) in [6.45, 7) is 2.45. The quantitative estimate of drug-likeness (QED) is 0.881. The first-order valence-corrected chi connectivity index (χ1v) is 6.31. The van der Waals surface area contributed by atoms with E-state index in [-0.39, 0.29) is 11.8 Å². The summed E-state index contributed by atoms with van der Waals surface area (Å²) in [7, 11) is 1.49. The van der Waals surface area contributed by atoms with Crippen LogP contribution in [-0.2, 0) is 6.54 Å². The minimum atomic E-state index is 0.0411. The van der Waals surface area contributed by atoms with E-state index in [4.69, 9.17) is 20.8 Å². The van der Waals surface area contributed by atoms with Crippen molar-refractivity contribution in [2.45, 2.75) is 19.5 Å². The van der Waals surface area contributed by atoms with Crippen LogP contribution in [0.15, 0.2) is 34.9 Å². The largest absolute Gasteiger partial charge is 0.504 e. The van der Waals surface area contributed by atoms with Crippen LogP contribution in [0.2, 0.25) is 5.02 Å². The van der Waals surface area contributed by atoms with Gasteiger partial charge in [-0.15, -0.1) is 0 Å². The lowest BCUT2D eigenvalue weighted by Crippen LogP contribution is -2.17. The predicted octanol–water partition coefficient (Wildman–Crippen LogP) is 3.50. The maximum atomic E-state index is 10.0. The van der Waals surface area contributed by atoms with Crippen molar-refractivity contribution in [2.24, 2.45) is 0 Å². The zero-order valence-electron chi connectivity index (χ0n) is 10.8. The van der Waals surface area contributed by atoms with Crippen LogP contribution in [0.5, 0.6) is 11.5 Å². The summed E-state index contributed by atoms with van der Waals surface area (Å²) >= 11 is 5.98. The van der Waals surface area contributed by atoms with Crippen molar-refractivity contribution in [3.8, 4) is 11.5 Å². The van der Waals surface area contributed by atoms with Crippen molar-refractivity contribution in [3.05, 3.63) is 46.9 Å². The van der Waals surface area contributed by atoms with E-state index in [2.05, 4.69) is 5.32 Å². The van der Waals surface area contributed by atoms with Crippen LogP contribution in [-0.4, -0.2) is 12.2 Å². The molecule has 0 spiro atoms. The molecule has 19 heavy (non-hydrogen) atoms. The second kappa shape index (κ2) is 5.99. The molecule has 0 radical (unpaired) electrons. The second-order valence-corrected chi connectivity index (χ2v) is 4.67. The zero-order valence-corrected chi connectivity index (χ0v) is 11.6. The van der Waals surface area contributed by atoms with E-state index in [1.165, 1.54) is 7.11 Å². The van der Waals surface area contributed by atoms with E-state index >= 15 is 0 Å². The highest BCUT2D eigenvalue weighted by Gasteiger charge is 2.12. The highest BCUT2D eigenvalue weighted by Crippen LogP contribution is 2.33. The molecule has 1 heterocycles. The fourth-order valence-electron chi connectivity index (χ4n) is 1.82. The van der Waals surface area contributed by atoms with Crippen LogP contribution in [0.4, 0.5) is 0 Å². The van der Waals surface area contributed by atoms with Crippen molar-refractivity contribution >= 4 is 11.6 Å². The van der Waals surface area contributed by atoms with Crippen molar-refractivity contribution < 1.29 is 14.3 Å². The van der Waals surface area contributed by atoms with Crippen LogP contribution < -0.4 is 10.1 Å². The van der Waals surface area contributed by atoms with E-state index in [1.807, 2.05) is 19.1 Å². The molecule has 1 atom stereocenters. The number of phenolic OH excluding ortho intramolecular Hbond substituents is 1. The number of methoxy groups -OCH3 is 1. The Hall–Kier alpha value is -1.65. The second-order valence-electron chi connectivity index (χ2n) is 4.23. The van der Waals surface area contributed by atoms with Gasteiger partial charge in [-0.2, -0.15) is 0 Å². The lowest BCUT2D eigenvalue weighted by molar-refractivity contribution is 0.367. The fourth-order valence-corrected chi connectivity index (χ4v) is 2.05. The average Bonchev–Trinajstić information content (AvgIpc) is 2.93. The topological polar surface area (TPSA) is 54.6 Å². The summed E-state index contributed by atoms with van der Waals surface area (Å²) in [5.41, 5.74) is 0.683. The summed E-state index contributed by atoms with van der Waals surface area (Å²) in [6, 6.07) is 7.07. The highest BCUT2D eigenvalue weighted by atomic mass is 35.5. The van der Waals surface area contributed by atoms with Gasteiger partial charge in [0.05, 0.1) is 19.4 Å². The molecular weight excluding hydrogens is 266 g/mol. The number of nitrogens with one attached hydrogen (secondary N) is 1. The lowest BCUT2D eigenvalue weighted by atomic mass is 10.1. The van der Waals surface area contributed by atoms with Crippen molar-refractivity contribution in [1.29, 1.82) is 0 Å². The molecule has 0 aliphatic heterocycles. The number of halogens is 1. The third-order valence-electron chi connectivity index (χ3n) is 2.91. The van der Waals surface area contributed by atoms with Gasteiger partial charge in [0.1, 0.15) is 5.76 Å². The Bertz CT molecular complexity index is 540. The fraction of sp³-hybridized carbons (Fsp3) is 0.286. The lowest BCUT2D eigenvalue weighted by Gasteiger charge is -2.14. The SMILES string of the molecule is COc1cc(Cl)cc(CN[C@@H](C)c2ccco2)c1O. The number of phenols is 1. The molecule has 2 aromatic rings. The molecule has 0 fully saturated rings. The number of hydrogen-bond donors (Lipinski definition) is 2. The van der Waals surface area contributed by atoms with Crippen LogP contribution >= 0.6 is 11.6 Å². The molecule has 4 nitrogen and oxygen atoms in total. The van der Waals surface area contributed by atoms with Gasteiger partial charge in [-0.1, -0.05) is 11.6 Å². The highest BCUT2D eigenvalue weighted by molar-refractivity contribution is 6.30. The molecule has 1 aromatic carbocycles. The molecule has 2 rings (SSSR count). The summed E-state index contributed by atoms with van der Waals surface area (Å²) in [5.74, 6) is 1.31. The van der Waals surface area contributed by atoms with Gasteiger partial charge in [0.2, 0.25) is 0 Å². The van der Waals surface area contributed by atoms with E-state index in [0.29, 0.717) is 22.9 Å². The Labute approximate surface area is 117 Å². The van der Waals surface area contributed by atoms with Gasteiger partial charge in [0, 0.05) is 23.2 Å². The molecule has 102 valence electrons. The third-order valence-corrected chi connectivity index (χ3v) is 3.13. The molecule has 0 aliphatic carbocycles. The standard InChI is InChI=1S/C14H16ClNO3/c1-9(12-4-3-5-19-12)16-8-10-6-11(15)7-13(18-2)14(10)17/h3-7,9,16-17H,8H2,1-2H3/t9-/m0/s1. The Morgan fingerprint density at radius 1 is 1.47 bits per heavy atom. The van der Waals surface area contributed by atoms with Gasteiger partial charge in [-0.3, -0.25) is 0 Å². The smallest absolute Gasteiger partial charge is 0.162 e. The molecule has 0 amide bonds. The van der Waals surface area contributed by atoms with Gasteiger partial charge in [0.15, 0.2) is 11.5 Å². The normalized spacial score (nSPS) is 12.4. The Kier molecular flexibility index (Phi) is 4.35. The monoisotopic (exact) mass is 281 g/mol. The first kappa shape index (κ1) is 13.8. The van der Waals surface area contributed by atoms with Crippen LogP contribution in [0.3, 0.4) is 0 Å². The molecule has 0 bridgehead atoms. The van der Waals surface area contributed by atoms with Gasteiger partial charge in [-0.25, -0.2) is 0 Å². The molecule has 5 heteroatoms. The van der Waals surface area contributed by atoms with E-state index < -0.39 is 0 Å². The molecule has 2 N–H and O–H groups in total. The number of furan rings is 1. The van der Waals surface area contributed by atoms with Gasteiger partial charge in [0.25, 0.3) is 0 Å². The summed E-state index contributed by atoms with van der Waals surface area (Å²) in [6.07, 6.45) is 1.63. The maximum absolute atomic E-state index is 10.0. The van der Waals surface area contributed by atoms with E-state index in [9.17, 15) is 5.11 Å². The Balaban J connectivity index is 2.09. The molecule has 0 unspecified atom stereocenters. The van der Waals surface area contributed by atoms with Gasteiger partial charge < -0.3 is 19.6 Å². The minimum Gasteiger partial charge on any atom is -0.504 e.